The van der Waals surface area contributed by atoms with E-state index in [-0.39, 0.29) is 29.8 Å². The Morgan fingerprint density at radius 2 is 1.67 bits per heavy atom. The van der Waals surface area contributed by atoms with Gasteiger partial charge in [-0.15, -0.1) is 0 Å². The number of carbonyl (C=O) groups is 2. The van der Waals surface area contributed by atoms with Gasteiger partial charge in [-0.05, 0) is 62.7 Å². The summed E-state index contributed by atoms with van der Waals surface area (Å²) < 4.78 is 33.9. The van der Waals surface area contributed by atoms with Crippen LogP contribution in [0.3, 0.4) is 0 Å². The van der Waals surface area contributed by atoms with Gasteiger partial charge in [-0.1, -0.05) is 41.4 Å². The summed E-state index contributed by atoms with van der Waals surface area (Å²) in [6.07, 6.45) is 1.22. The predicted molar refractivity (Wildman–Crippen MR) is 137 cm³/mol. The number of hydrogen-bond donors (Lipinski definition) is 2. The van der Waals surface area contributed by atoms with Gasteiger partial charge in [-0.2, -0.15) is 9.41 Å². The van der Waals surface area contributed by atoms with Crippen LogP contribution < -0.4 is 10.7 Å². The van der Waals surface area contributed by atoms with Gasteiger partial charge in [0.2, 0.25) is 10.0 Å². The minimum atomic E-state index is -3.88. The normalized spacial score (nSPS) is 11.8. The van der Waals surface area contributed by atoms with E-state index >= 15 is 0 Å². The summed E-state index contributed by atoms with van der Waals surface area (Å²) in [7, 11) is -3.88. The van der Waals surface area contributed by atoms with Crippen molar-refractivity contribution >= 4 is 39.7 Å². The summed E-state index contributed by atoms with van der Waals surface area (Å²) in [5, 5.41) is 6.61. The fourth-order valence-corrected chi connectivity index (χ4v) is 4.65. The van der Waals surface area contributed by atoms with E-state index in [2.05, 4.69) is 15.8 Å². The second-order valence-electron chi connectivity index (χ2n) is 8.34. The molecule has 3 aromatic rings. The van der Waals surface area contributed by atoms with Crippen LogP contribution in [-0.4, -0.2) is 36.8 Å². The van der Waals surface area contributed by atoms with Crippen LogP contribution >= 0.6 is 11.6 Å². The van der Waals surface area contributed by atoms with Gasteiger partial charge in [0.25, 0.3) is 0 Å². The van der Waals surface area contributed by atoms with Crippen molar-refractivity contribution in [3.8, 4) is 0 Å². The van der Waals surface area contributed by atoms with E-state index in [0.29, 0.717) is 10.8 Å². The molecule has 0 radical (unpaired) electrons. The Bertz CT molecular complexity index is 1330. The largest absolute Gasteiger partial charge is 0.459 e. The smallest absolute Gasteiger partial charge is 0.329 e. The molecule has 0 aliphatic rings. The fraction of sp³-hybridized carbons (Fsp3) is 0.240. The van der Waals surface area contributed by atoms with Gasteiger partial charge in [0.1, 0.15) is 11.5 Å². The maximum Gasteiger partial charge on any atom is 0.329 e. The number of nitrogens with one attached hydrogen (secondary N) is 2. The van der Waals surface area contributed by atoms with E-state index in [9.17, 15) is 18.0 Å². The number of amides is 2. The first-order valence-electron chi connectivity index (χ1n) is 11.1. The van der Waals surface area contributed by atoms with Gasteiger partial charge in [0, 0.05) is 17.6 Å². The van der Waals surface area contributed by atoms with Gasteiger partial charge in [0.15, 0.2) is 0 Å². The first kappa shape index (κ1) is 27.1. The predicted octanol–water partition coefficient (Wildman–Crippen LogP) is 3.61. The van der Waals surface area contributed by atoms with E-state index in [4.69, 9.17) is 16.0 Å². The van der Waals surface area contributed by atoms with E-state index in [1.54, 1.807) is 26.0 Å². The number of carbonyl (C=O) groups excluding carboxylic acids is 2. The highest BCUT2D eigenvalue weighted by atomic mass is 35.5. The molecule has 0 fully saturated rings. The number of aryl methyl sites for hydroxylation is 1. The summed E-state index contributed by atoms with van der Waals surface area (Å²) in [4.78, 5) is 23.5. The molecule has 3 rings (SSSR count). The molecule has 1 heterocycles. The molecule has 0 bridgehead atoms. The van der Waals surface area contributed by atoms with Crippen LogP contribution in [-0.2, 0) is 32.7 Å². The molecule has 0 saturated heterocycles. The molecule has 2 amide bonds. The molecule has 0 saturated carbocycles. The SMILES string of the molecule is Cc1ccc(CN(Cc2ccc(/C=N/NC(=O)C(=O)NC(C)C)o2)S(=O)(=O)c2ccc(Cl)cc2)cc1. The van der Waals surface area contributed by atoms with E-state index in [0.717, 1.165) is 11.1 Å². The van der Waals surface area contributed by atoms with E-state index < -0.39 is 21.8 Å². The lowest BCUT2D eigenvalue weighted by molar-refractivity contribution is -0.139. The topological polar surface area (TPSA) is 121 Å². The quantitative estimate of drug-likeness (QED) is 0.249. The zero-order valence-electron chi connectivity index (χ0n) is 20.1. The highest BCUT2D eigenvalue weighted by Gasteiger charge is 2.26. The molecule has 2 N–H and O–H groups in total. The van der Waals surface area contributed by atoms with Crippen molar-refractivity contribution in [2.75, 3.05) is 0 Å². The number of benzene rings is 2. The molecule has 0 aliphatic carbocycles. The Labute approximate surface area is 215 Å². The first-order valence-corrected chi connectivity index (χ1v) is 12.9. The minimum Gasteiger partial charge on any atom is -0.459 e. The van der Waals surface area contributed by atoms with Crippen LogP contribution in [0.15, 0.2) is 75.1 Å². The van der Waals surface area contributed by atoms with Crippen LogP contribution in [0.25, 0.3) is 0 Å². The lowest BCUT2D eigenvalue weighted by Crippen LogP contribution is -2.41. The van der Waals surface area contributed by atoms with Crippen molar-refractivity contribution in [3.05, 3.63) is 88.3 Å². The summed E-state index contributed by atoms with van der Waals surface area (Å²) in [5.74, 6) is -1.08. The Kier molecular flexibility index (Phi) is 9.03. The summed E-state index contributed by atoms with van der Waals surface area (Å²) in [6, 6.07) is 16.6. The monoisotopic (exact) mass is 530 g/mol. The third-order valence-electron chi connectivity index (χ3n) is 4.93. The average molecular weight is 531 g/mol. The minimum absolute atomic E-state index is 0.0458. The first-order chi connectivity index (χ1) is 17.0. The highest BCUT2D eigenvalue weighted by Crippen LogP contribution is 2.23. The molecular formula is C25H27ClN4O5S. The van der Waals surface area contributed by atoms with Crippen LogP contribution in [0.5, 0.6) is 0 Å². The lowest BCUT2D eigenvalue weighted by Gasteiger charge is -2.21. The number of hydrazone groups is 1. The maximum atomic E-state index is 13.4. The van der Waals surface area contributed by atoms with E-state index in [1.165, 1.54) is 34.8 Å². The standard InChI is InChI=1S/C25H27ClN4O5S/c1-17(2)28-24(31)25(32)29-27-14-21-10-11-22(35-21)16-30(15-19-6-4-18(3)5-7-19)36(33,34)23-12-8-20(26)9-13-23/h4-14,17H,15-16H2,1-3H3,(H,28,31)(H,29,32)/b27-14+. The molecule has 0 unspecified atom stereocenters. The number of halogens is 1. The summed E-state index contributed by atoms with van der Waals surface area (Å²) >= 11 is 5.93. The van der Waals surface area contributed by atoms with Gasteiger partial charge in [0.05, 0.1) is 17.7 Å². The molecule has 9 nitrogen and oxygen atoms in total. The van der Waals surface area contributed by atoms with Crippen molar-refractivity contribution in [1.29, 1.82) is 0 Å². The summed E-state index contributed by atoms with van der Waals surface area (Å²) in [6.45, 7) is 5.49. The van der Waals surface area contributed by atoms with Crippen LogP contribution in [0.1, 0.15) is 36.5 Å². The maximum absolute atomic E-state index is 13.4. The number of nitrogens with zero attached hydrogens (tertiary/aromatic N) is 2. The van der Waals surface area contributed by atoms with E-state index in [1.807, 2.05) is 31.2 Å². The Hall–Kier alpha value is -3.47. The zero-order valence-corrected chi connectivity index (χ0v) is 21.6. The second-order valence-corrected chi connectivity index (χ2v) is 10.7. The molecule has 36 heavy (non-hydrogen) atoms. The Morgan fingerprint density at radius 3 is 2.31 bits per heavy atom. The molecule has 2 aromatic carbocycles. The van der Waals surface area contributed by atoms with Gasteiger partial charge >= 0.3 is 11.8 Å². The Balaban J connectivity index is 1.77. The van der Waals surface area contributed by atoms with Gasteiger partial charge in [-0.3, -0.25) is 9.59 Å². The molecule has 0 spiro atoms. The third-order valence-corrected chi connectivity index (χ3v) is 6.99. The number of sulfonamides is 1. The van der Waals surface area contributed by atoms with Crippen LogP contribution in [0.2, 0.25) is 5.02 Å². The molecule has 11 heteroatoms. The van der Waals surface area contributed by atoms with Crippen molar-refractivity contribution < 1.29 is 22.4 Å². The third kappa shape index (κ3) is 7.51. The second kappa shape index (κ2) is 12.0. The zero-order chi connectivity index (χ0) is 26.3. The molecule has 1 aromatic heterocycles. The van der Waals surface area contributed by atoms with Crippen LogP contribution in [0, 0.1) is 6.92 Å². The van der Waals surface area contributed by atoms with Crippen molar-refractivity contribution in [2.24, 2.45) is 5.10 Å². The molecule has 190 valence electrons. The van der Waals surface area contributed by atoms with Crippen molar-refractivity contribution in [2.45, 2.75) is 44.8 Å². The Morgan fingerprint density at radius 1 is 1.00 bits per heavy atom. The molecule has 0 atom stereocenters. The number of furan rings is 1. The molecule has 0 aliphatic heterocycles. The van der Waals surface area contributed by atoms with Crippen molar-refractivity contribution in [1.82, 2.24) is 15.0 Å². The van der Waals surface area contributed by atoms with Gasteiger partial charge < -0.3 is 9.73 Å². The number of hydrogen-bond acceptors (Lipinski definition) is 6. The van der Waals surface area contributed by atoms with Crippen LogP contribution in [0.4, 0.5) is 0 Å². The number of rotatable bonds is 9. The van der Waals surface area contributed by atoms with Gasteiger partial charge in [-0.25, -0.2) is 13.8 Å². The highest BCUT2D eigenvalue weighted by molar-refractivity contribution is 7.89. The average Bonchev–Trinajstić information content (AvgIpc) is 3.27. The lowest BCUT2D eigenvalue weighted by atomic mass is 10.1. The molecular weight excluding hydrogens is 504 g/mol. The van der Waals surface area contributed by atoms with Crippen molar-refractivity contribution in [3.63, 3.8) is 0 Å². The summed E-state index contributed by atoms with van der Waals surface area (Å²) in [5.41, 5.74) is 3.99. The fourth-order valence-electron chi connectivity index (χ4n) is 3.13.